The molecule has 0 bridgehead atoms. The van der Waals surface area contributed by atoms with Crippen LogP contribution in [0.25, 0.3) is 10.5 Å². The largest absolute Gasteiger partial charge is 0.240 e. The molecule has 2 heterocycles. The van der Waals surface area contributed by atoms with E-state index in [-0.39, 0.29) is 0 Å². The number of hydrogen-bond acceptors (Lipinski definition) is 4. The zero-order valence-corrected chi connectivity index (χ0v) is 6.35. The van der Waals surface area contributed by atoms with Crippen molar-refractivity contribution in [2.24, 2.45) is 0 Å². The Labute approximate surface area is 65.7 Å². The van der Waals surface area contributed by atoms with Crippen LogP contribution in [0.4, 0.5) is 0 Å². The van der Waals surface area contributed by atoms with Gasteiger partial charge in [-0.2, -0.15) is 0 Å². The van der Waals surface area contributed by atoms with E-state index in [4.69, 9.17) is 11.6 Å². The predicted octanol–water partition coefficient (Wildman–Crippen LogP) is 1.74. The number of fused-ring (bicyclic) bond motifs is 1. The fraction of sp³-hybridized carbons (Fsp3) is 0. The highest BCUT2D eigenvalue weighted by Gasteiger charge is 2.00. The van der Waals surface area contributed by atoms with Gasteiger partial charge < -0.3 is 0 Å². The molecule has 0 radical (unpaired) electrons. The van der Waals surface area contributed by atoms with Gasteiger partial charge in [0.2, 0.25) is 0 Å². The standard InChI is InChI=1S/C5H2ClN3S/c6-5-9-3-4(10-5)8-2-1-7-3/h1-2H. The third-order valence-electron chi connectivity index (χ3n) is 1.02. The van der Waals surface area contributed by atoms with Crippen molar-refractivity contribution in [2.75, 3.05) is 0 Å². The maximum atomic E-state index is 5.61. The second kappa shape index (κ2) is 2.14. The molecule has 2 aromatic heterocycles. The Hall–Kier alpha value is -0.740. The predicted molar refractivity (Wildman–Crippen MR) is 40.2 cm³/mol. The second-order valence-electron chi connectivity index (χ2n) is 1.65. The summed E-state index contributed by atoms with van der Waals surface area (Å²) in [7, 11) is 0. The Morgan fingerprint density at radius 2 is 2.10 bits per heavy atom. The molecular weight excluding hydrogens is 170 g/mol. The summed E-state index contributed by atoms with van der Waals surface area (Å²) in [5.74, 6) is 0. The number of hydrogen-bond donors (Lipinski definition) is 0. The molecule has 2 aromatic rings. The number of thiazole rings is 1. The molecule has 10 heavy (non-hydrogen) atoms. The molecule has 0 aliphatic carbocycles. The first kappa shape index (κ1) is 6.00. The van der Waals surface area contributed by atoms with Crippen LogP contribution in [-0.4, -0.2) is 15.0 Å². The Morgan fingerprint density at radius 3 is 2.90 bits per heavy atom. The maximum Gasteiger partial charge on any atom is 0.191 e. The van der Waals surface area contributed by atoms with Gasteiger partial charge in [0.25, 0.3) is 0 Å². The summed E-state index contributed by atoms with van der Waals surface area (Å²) in [4.78, 5) is 12.7. The van der Waals surface area contributed by atoms with Crippen LogP contribution in [0, 0.1) is 0 Å². The van der Waals surface area contributed by atoms with Crippen LogP contribution in [0.1, 0.15) is 0 Å². The Morgan fingerprint density at radius 1 is 1.30 bits per heavy atom. The van der Waals surface area contributed by atoms with Crippen molar-refractivity contribution in [3.63, 3.8) is 0 Å². The van der Waals surface area contributed by atoms with Crippen molar-refractivity contribution in [3.8, 4) is 0 Å². The van der Waals surface area contributed by atoms with E-state index in [1.165, 1.54) is 11.3 Å². The molecule has 0 saturated heterocycles. The summed E-state index contributed by atoms with van der Waals surface area (Å²) in [6.45, 7) is 0. The van der Waals surface area contributed by atoms with E-state index in [1.807, 2.05) is 0 Å². The Balaban J connectivity index is 2.88. The van der Waals surface area contributed by atoms with Gasteiger partial charge in [0, 0.05) is 12.4 Å². The van der Waals surface area contributed by atoms with Gasteiger partial charge in [0.1, 0.15) is 0 Å². The Kier molecular flexibility index (Phi) is 1.28. The van der Waals surface area contributed by atoms with E-state index in [0.717, 1.165) is 4.83 Å². The fourth-order valence-electron chi connectivity index (χ4n) is 0.652. The lowest BCUT2D eigenvalue weighted by atomic mass is 10.7. The molecule has 0 saturated carbocycles. The molecule has 50 valence electrons. The molecule has 0 aliphatic rings. The zero-order chi connectivity index (χ0) is 6.97. The summed E-state index contributed by atoms with van der Waals surface area (Å²) in [5.41, 5.74) is 0.623. The third kappa shape index (κ3) is 0.853. The third-order valence-corrected chi connectivity index (χ3v) is 2.08. The van der Waals surface area contributed by atoms with Crippen LogP contribution < -0.4 is 0 Å². The highest BCUT2D eigenvalue weighted by Crippen LogP contribution is 2.20. The average molecular weight is 172 g/mol. The molecule has 0 aromatic carbocycles. The van der Waals surface area contributed by atoms with Gasteiger partial charge >= 0.3 is 0 Å². The maximum absolute atomic E-state index is 5.61. The molecular formula is C5H2ClN3S. The monoisotopic (exact) mass is 171 g/mol. The van der Waals surface area contributed by atoms with E-state index in [1.54, 1.807) is 12.4 Å². The quantitative estimate of drug-likeness (QED) is 0.606. The topological polar surface area (TPSA) is 38.7 Å². The van der Waals surface area contributed by atoms with Crippen molar-refractivity contribution < 1.29 is 0 Å². The number of halogens is 1. The van der Waals surface area contributed by atoms with Crippen molar-refractivity contribution in [1.29, 1.82) is 0 Å². The Bertz CT molecular complexity index is 325. The van der Waals surface area contributed by atoms with E-state index < -0.39 is 0 Å². The van der Waals surface area contributed by atoms with Crippen molar-refractivity contribution in [2.45, 2.75) is 0 Å². The first-order valence-corrected chi connectivity index (χ1v) is 3.79. The number of nitrogens with zero attached hydrogens (tertiary/aromatic N) is 3. The lowest BCUT2D eigenvalue weighted by molar-refractivity contribution is 1.26. The fourth-order valence-corrected chi connectivity index (χ4v) is 1.55. The normalized spacial score (nSPS) is 10.5. The zero-order valence-electron chi connectivity index (χ0n) is 4.78. The van der Waals surface area contributed by atoms with Crippen LogP contribution in [0.15, 0.2) is 12.4 Å². The van der Waals surface area contributed by atoms with Gasteiger partial charge in [-0.25, -0.2) is 15.0 Å². The van der Waals surface area contributed by atoms with Crippen molar-refractivity contribution in [1.82, 2.24) is 15.0 Å². The van der Waals surface area contributed by atoms with Gasteiger partial charge in [-0.1, -0.05) is 22.9 Å². The van der Waals surface area contributed by atoms with Gasteiger partial charge in [-0.15, -0.1) is 0 Å². The molecule has 2 rings (SSSR count). The van der Waals surface area contributed by atoms with Crippen LogP contribution in [-0.2, 0) is 0 Å². The SMILES string of the molecule is Clc1nc2nccnc2s1. The first-order valence-electron chi connectivity index (χ1n) is 2.59. The van der Waals surface area contributed by atoms with Crippen molar-refractivity contribution in [3.05, 3.63) is 16.9 Å². The van der Waals surface area contributed by atoms with E-state index in [2.05, 4.69) is 15.0 Å². The molecule has 0 aliphatic heterocycles. The van der Waals surface area contributed by atoms with Gasteiger partial charge in [-0.3, -0.25) is 0 Å². The van der Waals surface area contributed by atoms with Gasteiger partial charge in [-0.05, 0) is 0 Å². The molecule has 0 fully saturated rings. The molecule has 0 atom stereocenters. The van der Waals surface area contributed by atoms with Crippen LogP contribution in [0.3, 0.4) is 0 Å². The number of aromatic nitrogens is 3. The highest BCUT2D eigenvalue weighted by atomic mass is 35.5. The molecule has 5 heteroatoms. The molecule has 3 nitrogen and oxygen atoms in total. The highest BCUT2D eigenvalue weighted by molar-refractivity contribution is 7.21. The smallest absolute Gasteiger partial charge is 0.191 e. The lowest BCUT2D eigenvalue weighted by Gasteiger charge is -1.79. The van der Waals surface area contributed by atoms with Crippen LogP contribution in [0.2, 0.25) is 4.47 Å². The van der Waals surface area contributed by atoms with E-state index in [0.29, 0.717) is 10.1 Å². The van der Waals surface area contributed by atoms with E-state index in [9.17, 15) is 0 Å². The summed E-state index contributed by atoms with van der Waals surface area (Å²) in [6.07, 6.45) is 3.22. The van der Waals surface area contributed by atoms with E-state index >= 15 is 0 Å². The number of rotatable bonds is 0. The van der Waals surface area contributed by atoms with Crippen LogP contribution >= 0.6 is 22.9 Å². The van der Waals surface area contributed by atoms with Gasteiger partial charge in [0.05, 0.1) is 0 Å². The van der Waals surface area contributed by atoms with Gasteiger partial charge in [0.15, 0.2) is 14.9 Å². The minimum absolute atomic E-state index is 0.487. The summed E-state index contributed by atoms with van der Waals surface area (Å²) in [5, 5.41) is 0. The molecule has 0 spiro atoms. The lowest BCUT2D eigenvalue weighted by Crippen LogP contribution is -1.75. The molecule has 0 unspecified atom stereocenters. The first-order chi connectivity index (χ1) is 4.86. The summed E-state index contributed by atoms with van der Waals surface area (Å²) < 4.78 is 0.487. The molecule has 0 N–H and O–H groups in total. The summed E-state index contributed by atoms with van der Waals surface area (Å²) in [6, 6.07) is 0. The van der Waals surface area contributed by atoms with Crippen molar-refractivity contribution >= 4 is 33.4 Å². The summed E-state index contributed by atoms with van der Waals surface area (Å²) >= 11 is 6.94. The second-order valence-corrected chi connectivity index (χ2v) is 3.21. The minimum Gasteiger partial charge on any atom is -0.240 e. The molecule has 0 amide bonds. The van der Waals surface area contributed by atoms with Crippen LogP contribution in [0.5, 0.6) is 0 Å². The minimum atomic E-state index is 0.487. The average Bonchev–Trinajstić information content (AvgIpc) is 2.27.